The topological polar surface area (TPSA) is 8.17 Å². The third-order valence-corrected chi connectivity index (χ3v) is 14.6. The smallest absolute Gasteiger partial charge is 0.0725 e. The number of para-hydroxylation sites is 2. The zero-order chi connectivity index (χ0) is 46.7. The second kappa shape index (κ2) is 12.8. The summed E-state index contributed by atoms with van der Waals surface area (Å²) < 4.78 is 53.0. The molecule has 64 heavy (non-hydrogen) atoms. The molecule has 0 saturated heterocycles. The second-order valence-corrected chi connectivity index (χ2v) is 18.0. The Hall–Kier alpha value is -7.94. The van der Waals surface area contributed by atoms with Gasteiger partial charge < -0.3 is 9.47 Å². The van der Waals surface area contributed by atoms with E-state index < -0.39 is 5.41 Å². The van der Waals surface area contributed by atoms with Gasteiger partial charge in [-0.3, -0.25) is 0 Å². The molecule has 0 unspecified atom stereocenters. The summed E-state index contributed by atoms with van der Waals surface area (Å²) in [7, 11) is 0. The summed E-state index contributed by atoms with van der Waals surface area (Å²) in [6.45, 7) is 4.52. The molecule has 1 spiro atoms. The lowest BCUT2D eigenvalue weighted by molar-refractivity contribution is 0.660. The first-order chi connectivity index (χ1) is 33.6. The minimum absolute atomic E-state index is 0.0228. The molecule has 0 N–H and O–H groups in total. The summed E-state index contributed by atoms with van der Waals surface area (Å²) in [5.74, 6) is 0. The van der Waals surface area contributed by atoms with Crippen molar-refractivity contribution in [1.82, 2.24) is 4.57 Å². The summed E-state index contributed by atoms with van der Waals surface area (Å²) in [5.41, 5.74) is 15.1. The Bertz CT molecular complexity index is 4030. The van der Waals surface area contributed by atoms with Gasteiger partial charge in [-0.2, -0.15) is 0 Å². The van der Waals surface area contributed by atoms with E-state index in [1.54, 1.807) is 0 Å². The van der Waals surface area contributed by atoms with Crippen LogP contribution in [-0.2, 0) is 10.8 Å². The van der Waals surface area contributed by atoms with E-state index in [0.29, 0.717) is 27.6 Å². The maximum absolute atomic E-state index is 10.6. The lowest BCUT2D eigenvalue weighted by atomic mass is 9.61. The molecule has 3 aliphatic carbocycles. The first-order valence-electron chi connectivity index (χ1n) is 24.6. The molecule has 2 heteroatoms. The van der Waals surface area contributed by atoms with Crippen molar-refractivity contribution in [2.45, 2.75) is 24.7 Å². The number of anilines is 3. The molecule has 0 aliphatic heterocycles. The van der Waals surface area contributed by atoms with E-state index in [-0.39, 0.29) is 35.6 Å². The molecule has 0 fully saturated rings. The highest BCUT2D eigenvalue weighted by Gasteiger charge is 2.50. The molecule has 300 valence electrons. The van der Waals surface area contributed by atoms with E-state index in [4.69, 9.17) is 0 Å². The lowest BCUT2D eigenvalue weighted by Crippen LogP contribution is -2.32. The van der Waals surface area contributed by atoms with Crippen LogP contribution in [0.5, 0.6) is 0 Å². The van der Waals surface area contributed by atoms with Crippen molar-refractivity contribution in [3.63, 3.8) is 0 Å². The molecule has 11 aromatic rings. The molecule has 10 aromatic carbocycles. The Balaban J connectivity index is 1.15. The molecular formula is C62H42N2. The van der Waals surface area contributed by atoms with E-state index in [1.807, 2.05) is 48.5 Å². The van der Waals surface area contributed by atoms with E-state index in [9.17, 15) is 6.85 Å². The first kappa shape index (κ1) is 31.0. The molecule has 0 radical (unpaired) electrons. The van der Waals surface area contributed by atoms with E-state index >= 15 is 0 Å². The molecule has 0 atom stereocenters. The standard InChI is InChI=1S/C62H42N2/c1-61(2)51-26-11-6-19-42(51)46-33-31-40(37-56(46)61)63(41-32-34-48-47-23-10-15-30-57(47)64(59(48)38-41)39-17-4-3-5-18-39)58-36-35-55-60-49(24-16-25-50(58)60)45-22-9-14-29-54(45)62(55)52-27-12-7-20-43(52)44-21-8-13-28-53(44)62/h3-38H,1-2H3/i16D,24D,25D,35D,36D. The molecule has 0 bridgehead atoms. The van der Waals surface area contributed by atoms with Crippen molar-refractivity contribution in [2.24, 2.45) is 0 Å². The van der Waals surface area contributed by atoms with Gasteiger partial charge in [0.2, 0.25) is 0 Å². The summed E-state index contributed by atoms with van der Waals surface area (Å²) >= 11 is 0. The molecule has 1 aromatic heterocycles. The number of aromatic nitrogens is 1. The van der Waals surface area contributed by atoms with Gasteiger partial charge in [0.25, 0.3) is 0 Å². The molecule has 0 saturated carbocycles. The monoisotopic (exact) mass is 819 g/mol. The van der Waals surface area contributed by atoms with Gasteiger partial charge in [0.05, 0.1) is 29.0 Å². The Morgan fingerprint density at radius 2 is 0.953 bits per heavy atom. The number of benzene rings is 10. The number of fused-ring (bicyclic) bond motifs is 15. The van der Waals surface area contributed by atoms with Gasteiger partial charge >= 0.3 is 0 Å². The van der Waals surface area contributed by atoms with Gasteiger partial charge in [-0.05, 0) is 121 Å². The molecule has 1 heterocycles. The van der Waals surface area contributed by atoms with Crippen molar-refractivity contribution in [2.75, 3.05) is 4.90 Å². The Labute approximate surface area is 380 Å². The Morgan fingerprint density at radius 3 is 1.67 bits per heavy atom. The van der Waals surface area contributed by atoms with Gasteiger partial charge in [-0.1, -0.05) is 184 Å². The van der Waals surface area contributed by atoms with Crippen LogP contribution in [0.2, 0.25) is 0 Å². The summed E-state index contributed by atoms with van der Waals surface area (Å²) in [6, 6.07) is 64.7. The minimum atomic E-state index is -1.05. The van der Waals surface area contributed by atoms with E-state index in [2.05, 4.69) is 163 Å². The lowest BCUT2D eigenvalue weighted by Gasteiger charge is -2.40. The highest BCUT2D eigenvalue weighted by atomic mass is 15.1. The van der Waals surface area contributed by atoms with Crippen LogP contribution >= 0.6 is 0 Å². The molecule has 3 aliphatic rings. The van der Waals surface area contributed by atoms with Gasteiger partial charge in [-0.25, -0.2) is 0 Å². The normalized spacial score (nSPS) is 15.4. The maximum Gasteiger partial charge on any atom is 0.0725 e. The predicted molar refractivity (Wildman–Crippen MR) is 267 cm³/mol. The number of nitrogens with zero attached hydrogens (tertiary/aromatic N) is 2. The fourth-order valence-corrected chi connectivity index (χ4v) is 11.9. The van der Waals surface area contributed by atoms with Crippen molar-refractivity contribution in [1.29, 1.82) is 0 Å². The van der Waals surface area contributed by atoms with Crippen LogP contribution < -0.4 is 4.90 Å². The van der Waals surface area contributed by atoms with Crippen LogP contribution in [0, 0.1) is 0 Å². The van der Waals surface area contributed by atoms with Crippen LogP contribution in [0.25, 0.3) is 71.6 Å². The molecular weight excluding hydrogens is 773 g/mol. The summed E-state index contributed by atoms with van der Waals surface area (Å²) in [4.78, 5) is 2.07. The summed E-state index contributed by atoms with van der Waals surface area (Å²) in [6.07, 6.45) is 0. The van der Waals surface area contributed by atoms with Crippen LogP contribution in [0.15, 0.2) is 218 Å². The average Bonchev–Trinajstić information content (AvgIpc) is 3.96. The van der Waals surface area contributed by atoms with Crippen molar-refractivity contribution in [3.05, 3.63) is 252 Å². The van der Waals surface area contributed by atoms with Crippen LogP contribution in [0.3, 0.4) is 0 Å². The SMILES string of the molecule is [2H]c1c([2H])c2c3c(c([2H])c([2H])c(N(c4ccc5c(c4)C(C)(C)c4ccccc4-5)c4ccc5c6ccccc6n(-c6ccccc6)c5c4)c3c1[2H])C1(c3ccccc3-c3ccccc31)c1ccccc1-2. The third-order valence-electron chi connectivity index (χ3n) is 14.6. The van der Waals surface area contributed by atoms with Crippen LogP contribution in [0.4, 0.5) is 17.1 Å². The summed E-state index contributed by atoms with van der Waals surface area (Å²) in [5, 5.41) is 3.13. The third kappa shape index (κ3) is 4.49. The van der Waals surface area contributed by atoms with Gasteiger partial charge in [0.15, 0.2) is 0 Å². The van der Waals surface area contributed by atoms with Crippen molar-refractivity contribution >= 4 is 49.6 Å². The van der Waals surface area contributed by atoms with Gasteiger partial charge in [0, 0.05) is 38.6 Å². The van der Waals surface area contributed by atoms with Crippen LogP contribution in [-0.4, -0.2) is 4.57 Å². The largest absolute Gasteiger partial charge is 0.310 e. The first-order valence-corrected chi connectivity index (χ1v) is 22.1. The average molecular weight is 820 g/mol. The molecule has 2 nitrogen and oxygen atoms in total. The Kier molecular flexibility index (Phi) is 6.20. The maximum atomic E-state index is 10.6. The van der Waals surface area contributed by atoms with Crippen LogP contribution in [0.1, 0.15) is 54.1 Å². The predicted octanol–water partition coefficient (Wildman–Crippen LogP) is 16.1. The van der Waals surface area contributed by atoms with Crippen molar-refractivity contribution < 1.29 is 6.85 Å². The fraction of sp³-hybridized carbons (Fsp3) is 0.0645. The second-order valence-electron chi connectivity index (χ2n) is 18.0. The number of rotatable bonds is 4. The van der Waals surface area contributed by atoms with E-state index in [0.717, 1.165) is 83.4 Å². The fourth-order valence-electron chi connectivity index (χ4n) is 11.9. The zero-order valence-corrected chi connectivity index (χ0v) is 35.3. The zero-order valence-electron chi connectivity index (χ0n) is 40.3. The minimum Gasteiger partial charge on any atom is -0.310 e. The Morgan fingerprint density at radius 1 is 0.406 bits per heavy atom. The highest BCUT2D eigenvalue weighted by Crippen LogP contribution is 2.63. The van der Waals surface area contributed by atoms with Crippen molar-refractivity contribution in [3.8, 4) is 39.1 Å². The van der Waals surface area contributed by atoms with Gasteiger partial charge in [0.1, 0.15) is 0 Å². The molecule has 0 amide bonds. The number of hydrogen-bond donors (Lipinski definition) is 0. The van der Waals surface area contributed by atoms with Gasteiger partial charge in [-0.15, -0.1) is 0 Å². The van der Waals surface area contributed by atoms with E-state index in [1.165, 1.54) is 11.1 Å². The highest BCUT2D eigenvalue weighted by molar-refractivity contribution is 6.14. The number of hydrogen-bond acceptors (Lipinski definition) is 1. The molecule has 14 rings (SSSR count). The quantitative estimate of drug-likeness (QED) is 0.172.